The lowest BCUT2D eigenvalue weighted by atomic mass is 10.0. The quantitative estimate of drug-likeness (QED) is 0.386. The van der Waals surface area contributed by atoms with Gasteiger partial charge in [0.25, 0.3) is 0 Å². The van der Waals surface area contributed by atoms with E-state index in [2.05, 4.69) is 48.5 Å². The van der Waals surface area contributed by atoms with Crippen LogP contribution in [0.3, 0.4) is 0 Å². The van der Waals surface area contributed by atoms with E-state index in [1.165, 1.54) is 37.0 Å². The second-order valence-electron chi connectivity index (χ2n) is 6.49. The zero-order valence-electron chi connectivity index (χ0n) is 14.3. The molecule has 19 heavy (non-hydrogen) atoms. The Morgan fingerprint density at radius 1 is 0.895 bits per heavy atom. The van der Waals surface area contributed by atoms with Crippen molar-refractivity contribution in [3.05, 3.63) is 0 Å². The summed E-state index contributed by atoms with van der Waals surface area (Å²) in [5.41, 5.74) is 0.00958. The Hall–Kier alpha value is 0.744. The lowest BCUT2D eigenvalue weighted by molar-refractivity contribution is 0.0972. The van der Waals surface area contributed by atoms with E-state index in [0.29, 0.717) is 0 Å². The Morgan fingerprint density at radius 3 is 1.68 bits per heavy atom. The van der Waals surface area contributed by atoms with E-state index in [4.69, 9.17) is 16.5 Å². The predicted molar refractivity (Wildman–Crippen MR) is 97.1 cm³/mol. The highest BCUT2D eigenvalue weighted by atomic mass is 32.3. The number of hydrogen-bond donors (Lipinski definition) is 1. The molecule has 116 valence electrons. The van der Waals surface area contributed by atoms with Crippen LogP contribution in [-0.2, 0) is 4.43 Å². The topological polar surface area (TPSA) is 9.23 Å². The van der Waals surface area contributed by atoms with Crippen molar-refractivity contribution in [2.75, 3.05) is 0 Å². The van der Waals surface area contributed by atoms with Gasteiger partial charge in [-0.1, -0.05) is 65.6 Å². The first-order chi connectivity index (χ1) is 8.76. The molecule has 0 aromatic heterocycles. The fourth-order valence-corrected chi connectivity index (χ4v) is 23.6. The third-order valence-corrected chi connectivity index (χ3v) is 27.0. The molecule has 0 radical (unpaired) electrons. The van der Waals surface area contributed by atoms with E-state index in [-0.39, 0.29) is 5.60 Å². The zero-order chi connectivity index (χ0) is 15.2. The summed E-state index contributed by atoms with van der Waals surface area (Å²) in [5.74, 6) is 0. The van der Waals surface area contributed by atoms with Gasteiger partial charge in [0.15, 0.2) is 0 Å². The van der Waals surface area contributed by atoms with Crippen LogP contribution < -0.4 is 0 Å². The largest absolute Gasteiger partial charge is 0.405 e. The van der Waals surface area contributed by atoms with Crippen LogP contribution in [-0.4, -0.2) is 20.2 Å². The van der Waals surface area contributed by atoms with E-state index < -0.39 is 14.6 Å². The molecule has 0 aliphatic rings. The fraction of sp³-hybridized carbons (Fsp3) is 1.00. The van der Waals surface area contributed by atoms with Gasteiger partial charge in [-0.15, -0.1) is 0 Å². The third kappa shape index (κ3) is 4.90. The predicted octanol–water partition coefficient (Wildman–Crippen LogP) is 5.95. The maximum Gasteiger partial charge on any atom is 0.236 e. The highest BCUT2D eigenvalue weighted by Gasteiger charge is 2.52. The van der Waals surface area contributed by atoms with Crippen molar-refractivity contribution in [1.82, 2.24) is 0 Å². The molecule has 0 aliphatic heterocycles. The average Bonchev–Trinajstić information content (AvgIpc) is 2.31. The summed E-state index contributed by atoms with van der Waals surface area (Å²) in [4.78, 5) is 0. The first kappa shape index (κ1) is 19.7. The SMILES string of the molecule is CCCC(C)(C)O[Si](S)(CCC)[Si](CC)(CC)CC. The third-order valence-electron chi connectivity index (χ3n) is 4.75. The molecule has 0 aromatic rings. The normalized spacial score (nSPS) is 16.4. The molecule has 0 spiro atoms. The molecule has 0 heterocycles. The summed E-state index contributed by atoms with van der Waals surface area (Å²) in [6.07, 6.45) is 3.55. The lowest BCUT2D eigenvalue weighted by Crippen LogP contribution is -2.63. The van der Waals surface area contributed by atoms with Gasteiger partial charge in [-0.25, -0.2) is 0 Å². The van der Waals surface area contributed by atoms with Gasteiger partial charge in [0.2, 0.25) is 6.98 Å². The summed E-state index contributed by atoms with van der Waals surface area (Å²) in [6, 6.07) is 5.22. The highest BCUT2D eigenvalue weighted by molar-refractivity contribution is 8.22. The van der Waals surface area contributed by atoms with E-state index in [1.54, 1.807) is 0 Å². The van der Waals surface area contributed by atoms with Gasteiger partial charge < -0.3 is 4.43 Å². The van der Waals surface area contributed by atoms with Crippen molar-refractivity contribution >= 4 is 26.7 Å². The molecular formula is C15H36OSSi2. The molecule has 1 unspecified atom stereocenters. The first-order valence-corrected chi connectivity index (χ1v) is 15.2. The first-order valence-electron chi connectivity index (χ1n) is 8.19. The minimum atomic E-state index is -1.87. The van der Waals surface area contributed by atoms with Crippen LogP contribution in [0.1, 0.15) is 67.7 Å². The van der Waals surface area contributed by atoms with Crippen molar-refractivity contribution < 1.29 is 4.43 Å². The second-order valence-corrected chi connectivity index (χ2v) is 22.5. The highest BCUT2D eigenvalue weighted by Crippen LogP contribution is 2.41. The van der Waals surface area contributed by atoms with Crippen LogP contribution >= 0.6 is 12.1 Å². The molecule has 0 fully saturated rings. The average molecular weight is 321 g/mol. The number of rotatable bonds is 10. The van der Waals surface area contributed by atoms with Gasteiger partial charge in [-0.3, -0.25) is 0 Å². The standard InChI is InChI=1S/C15H36OSSi2/c1-8-13-15(6,7)16-19(17,14-9-2)18(10-3,11-4)12-5/h17H,8-14H2,1-7H3. The maximum atomic E-state index is 6.81. The van der Waals surface area contributed by atoms with E-state index in [1.807, 2.05) is 0 Å². The van der Waals surface area contributed by atoms with Crippen molar-refractivity contribution in [3.63, 3.8) is 0 Å². The van der Waals surface area contributed by atoms with Crippen molar-refractivity contribution in [1.29, 1.82) is 0 Å². The molecule has 0 N–H and O–H groups in total. The van der Waals surface area contributed by atoms with Gasteiger partial charge in [0.1, 0.15) is 0 Å². The summed E-state index contributed by atoms with van der Waals surface area (Å²) in [7, 11) is -1.35. The maximum absolute atomic E-state index is 6.81. The molecule has 0 aromatic carbocycles. The Morgan fingerprint density at radius 2 is 1.37 bits per heavy atom. The van der Waals surface area contributed by atoms with Crippen molar-refractivity contribution in [2.45, 2.75) is 97.5 Å². The lowest BCUT2D eigenvalue weighted by Gasteiger charge is -2.47. The van der Waals surface area contributed by atoms with Crippen LogP contribution in [0.5, 0.6) is 0 Å². The van der Waals surface area contributed by atoms with E-state index in [0.717, 1.165) is 6.42 Å². The van der Waals surface area contributed by atoms with Crippen LogP contribution in [0.25, 0.3) is 0 Å². The van der Waals surface area contributed by atoms with E-state index >= 15 is 0 Å². The van der Waals surface area contributed by atoms with Gasteiger partial charge in [-0.2, -0.15) is 12.1 Å². The van der Waals surface area contributed by atoms with Crippen LogP contribution in [0.4, 0.5) is 0 Å². The molecule has 4 heteroatoms. The van der Waals surface area contributed by atoms with Crippen LogP contribution in [0.2, 0.25) is 24.2 Å². The molecule has 0 amide bonds. The summed E-state index contributed by atoms with van der Waals surface area (Å²) < 4.78 is 6.81. The van der Waals surface area contributed by atoms with Crippen molar-refractivity contribution in [3.8, 4) is 0 Å². The van der Waals surface area contributed by atoms with Crippen LogP contribution in [0.15, 0.2) is 0 Å². The second kappa shape index (κ2) is 8.25. The van der Waals surface area contributed by atoms with Gasteiger partial charge in [-0.05, 0) is 26.3 Å². The molecule has 0 aliphatic carbocycles. The monoisotopic (exact) mass is 320 g/mol. The van der Waals surface area contributed by atoms with E-state index in [9.17, 15) is 0 Å². The molecular weight excluding hydrogens is 284 g/mol. The minimum Gasteiger partial charge on any atom is -0.405 e. The van der Waals surface area contributed by atoms with Crippen LogP contribution in [0, 0.1) is 0 Å². The van der Waals surface area contributed by atoms with Gasteiger partial charge in [0.05, 0.1) is 13.2 Å². The molecule has 0 saturated heterocycles. The summed E-state index contributed by atoms with van der Waals surface area (Å²) in [6.45, 7) is 14.3. The Bertz CT molecular complexity index is 246. The zero-order valence-corrected chi connectivity index (χ0v) is 17.2. The summed E-state index contributed by atoms with van der Waals surface area (Å²) in [5, 5.41) is 0. The molecule has 0 saturated carbocycles. The number of thiol groups is 1. The van der Waals surface area contributed by atoms with Gasteiger partial charge in [0, 0.05) is 0 Å². The molecule has 0 rings (SSSR count). The Labute approximate surface area is 128 Å². The Balaban J connectivity index is 5.33. The summed E-state index contributed by atoms with van der Waals surface area (Å²) >= 11 is 5.28. The molecule has 1 atom stereocenters. The number of hydrogen-bond acceptors (Lipinski definition) is 2. The smallest absolute Gasteiger partial charge is 0.236 e. The Kier molecular flexibility index (Phi) is 8.57. The fourth-order valence-electron chi connectivity index (χ4n) is 3.45. The molecule has 1 nitrogen and oxygen atoms in total. The van der Waals surface area contributed by atoms with Crippen molar-refractivity contribution in [2.24, 2.45) is 0 Å². The molecule has 0 bridgehead atoms. The van der Waals surface area contributed by atoms with Gasteiger partial charge >= 0.3 is 0 Å². The minimum absolute atomic E-state index is 0.00958.